The van der Waals surface area contributed by atoms with Gasteiger partial charge in [-0.2, -0.15) is 5.10 Å². The molecule has 0 saturated carbocycles. The SMILES string of the molecule is C[C@H](NCc1nccnc1N)c1cc2cccc(C#Cc3cnn(C)c3)c2c(=O)n1-c1ccccc1. The van der Waals surface area contributed by atoms with E-state index in [4.69, 9.17) is 5.73 Å². The van der Waals surface area contributed by atoms with E-state index in [1.54, 1.807) is 27.8 Å². The quantitative estimate of drug-likeness (QED) is 0.378. The minimum atomic E-state index is -0.186. The molecule has 2 aromatic carbocycles. The van der Waals surface area contributed by atoms with Crippen molar-refractivity contribution in [2.75, 3.05) is 5.73 Å². The molecule has 0 bridgehead atoms. The highest BCUT2D eigenvalue weighted by atomic mass is 16.1. The number of benzene rings is 2. The van der Waals surface area contributed by atoms with E-state index < -0.39 is 0 Å². The molecule has 0 unspecified atom stereocenters. The number of nitrogens with one attached hydrogen (secondary N) is 1. The molecule has 0 aliphatic rings. The first-order valence-corrected chi connectivity index (χ1v) is 11.5. The van der Waals surface area contributed by atoms with Crippen molar-refractivity contribution >= 4 is 16.6 Å². The number of nitrogens with two attached hydrogens (primary N) is 1. The van der Waals surface area contributed by atoms with Crippen molar-refractivity contribution in [2.45, 2.75) is 19.5 Å². The molecule has 0 aliphatic carbocycles. The summed E-state index contributed by atoms with van der Waals surface area (Å²) in [4.78, 5) is 22.4. The minimum Gasteiger partial charge on any atom is -0.382 e. The summed E-state index contributed by atoms with van der Waals surface area (Å²) in [6, 6.07) is 17.2. The molecule has 5 rings (SSSR count). The number of nitrogen functional groups attached to an aromatic ring is 1. The Morgan fingerprint density at radius 1 is 1.06 bits per heavy atom. The molecule has 3 aromatic heterocycles. The molecule has 5 aromatic rings. The number of rotatable bonds is 5. The van der Waals surface area contributed by atoms with Gasteiger partial charge < -0.3 is 11.1 Å². The minimum absolute atomic E-state index is 0.127. The van der Waals surface area contributed by atoms with Gasteiger partial charge in [0.05, 0.1) is 22.8 Å². The maximum Gasteiger partial charge on any atom is 0.264 e. The zero-order valence-corrected chi connectivity index (χ0v) is 20.0. The fourth-order valence-corrected chi connectivity index (χ4v) is 4.14. The number of pyridine rings is 1. The normalized spacial score (nSPS) is 11.7. The van der Waals surface area contributed by atoms with E-state index in [1.165, 1.54) is 0 Å². The first-order valence-electron chi connectivity index (χ1n) is 11.5. The highest BCUT2D eigenvalue weighted by Gasteiger charge is 2.18. The standard InChI is InChI=1S/C28H25N7O/c1-19(32-17-24-27(29)31-14-13-30-24)25-15-22-8-6-7-21(12-11-20-16-33-34(2)18-20)26(22)28(36)35(25)23-9-4-3-5-10-23/h3-10,13-16,18-19,32H,17H2,1-2H3,(H2,29,31)/t19-/m0/s1. The van der Waals surface area contributed by atoms with E-state index in [2.05, 4.69) is 32.2 Å². The summed E-state index contributed by atoms with van der Waals surface area (Å²) in [5.74, 6) is 6.68. The number of anilines is 1. The van der Waals surface area contributed by atoms with Gasteiger partial charge in [0.1, 0.15) is 5.82 Å². The molecule has 3 heterocycles. The van der Waals surface area contributed by atoms with Crippen LogP contribution in [0.5, 0.6) is 0 Å². The zero-order valence-electron chi connectivity index (χ0n) is 20.0. The number of hydrogen-bond donors (Lipinski definition) is 2. The van der Waals surface area contributed by atoms with E-state index in [0.717, 1.165) is 22.3 Å². The molecule has 3 N–H and O–H groups in total. The van der Waals surface area contributed by atoms with E-state index >= 15 is 0 Å². The van der Waals surface area contributed by atoms with E-state index in [-0.39, 0.29) is 11.6 Å². The Kier molecular flexibility index (Phi) is 6.31. The zero-order chi connectivity index (χ0) is 25.1. The summed E-state index contributed by atoms with van der Waals surface area (Å²) < 4.78 is 3.44. The van der Waals surface area contributed by atoms with Gasteiger partial charge in [0.2, 0.25) is 0 Å². The van der Waals surface area contributed by atoms with Crippen LogP contribution in [0.3, 0.4) is 0 Å². The molecule has 178 valence electrons. The predicted molar refractivity (Wildman–Crippen MR) is 140 cm³/mol. The first-order chi connectivity index (χ1) is 17.5. The van der Waals surface area contributed by atoms with Crippen LogP contribution in [0.1, 0.15) is 35.5 Å². The fourth-order valence-electron chi connectivity index (χ4n) is 4.14. The Balaban J connectivity index is 1.63. The second-order valence-electron chi connectivity index (χ2n) is 8.46. The van der Waals surface area contributed by atoms with Crippen LogP contribution in [-0.2, 0) is 13.6 Å². The average Bonchev–Trinajstić information content (AvgIpc) is 3.32. The third-order valence-corrected chi connectivity index (χ3v) is 5.96. The molecular formula is C28H25N7O. The Bertz CT molecular complexity index is 1660. The molecule has 0 amide bonds. The van der Waals surface area contributed by atoms with Gasteiger partial charge in [-0.3, -0.25) is 19.0 Å². The van der Waals surface area contributed by atoms with Crippen LogP contribution < -0.4 is 16.6 Å². The third-order valence-electron chi connectivity index (χ3n) is 5.96. The number of aryl methyl sites for hydroxylation is 1. The molecule has 0 spiro atoms. The summed E-state index contributed by atoms with van der Waals surface area (Å²) in [6.45, 7) is 2.43. The van der Waals surface area contributed by atoms with E-state index in [0.29, 0.717) is 29.0 Å². The van der Waals surface area contributed by atoms with Gasteiger partial charge >= 0.3 is 0 Å². The van der Waals surface area contributed by atoms with Crippen LogP contribution in [0, 0.1) is 11.8 Å². The van der Waals surface area contributed by atoms with Gasteiger partial charge in [-0.05, 0) is 36.6 Å². The molecule has 1 atom stereocenters. The summed E-state index contributed by atoms with van der Waals surface area (Å²) in [6.07, 6.45) is 6.72. The van der Waals surface area contributed by atoms with Gasteiger partial charge in [-0.1, -0.05) is 42.2 Å². The van der Waals surface area contributed by atoms with Gasteiger partial charge in [0.25, 0.3) is 5.56 Å². The van der Waals surface area contributed by atoms with E-state index in [1.807, 2.05) is 74.8 Å². The number of nitrogens with zero attached hydrogens (tertiary/aromatic N) is 5. The van der Waals surface area contributed by atoms with Gasteiger partial charge in [0.15, 0.2) is 0 Å². The molecule has 0 fully saturated rings. The third kappa shape index (κ3) is 4.60. The summed E-state index contributed by atoms with van der Waals surface area (Å²) in [5.41, 5.74) is 9.56. The second-order valence-corrected chi connectivity index (χ2v) is 8.46. The molecule has 0 saturated heterocycles. The van der Waals surface area contributed by atoms with Crippen LogP contribution >= 0.6 is 0 Å². The Hall–Kier alpha value is -4.74. The predicted octanol–water partition coefficient (Wildman–Crippen LogP) is 3.35. The molecule has 36 heavy (non-hydrogen) atoms. The van der Waals surface area contributed by atoms with Crippen molar-refractivity contribution < 1.29 is 0 Å². The lowest BCUT2D eigenvalue weighted by atomic mass is 10.0. The monoisotopic (exact) mass is 475 g/mol. The summed E-state index contributed by atoms with van der Waals surface area (Å²) >= 11 is 0. The molecule has 0 radical (unpaired) electrons. The van der Waals surface area contributed by atoms with Crippen molar-refractivity contribution in [3.63, 3.8) is 0 Å². The lowest BCUT2D eigenvalue weighted by molar-refractivity contribution is 0.543. The number of fused-ring (bicyclic) bond motifs is 1. The van der Waals surface area contributed by atoms with Gasteiger partial charge in [0, 0.05) is 55.2 Å². The number of hydrogen-bond acceptors (Lipinski definition) is 6. The van der Waals surface area contributed by atoms with Crippen LogP contribution in [0.2, 0.25) is 0 Å². The first kappa shape index (κ1) is 23.0. The van der Waals surface area contributed by atoms with Crippen molar-refractivity contribution in [2.24, 2.45) is 7.05 Å². The lowest BCUT2D eigenvalue weighted by Gasteiger charge is -2.21. The summed E-state index contributed by atoms with van der Waals surface area (Å²) in [7, 11) is 1.84. The number of aromatic nitrogens is 5. The van der Waals surface area contributed by atoms with E-state index in [9.17, 15) is 4.79 Å². The second kappa shape index (κ2) is 9.86. The topological polar surface area (TPSA) is 104 Å². The Morgan fingerprint density at radius 2 is 1.86 bits per heavy atom. The maximum atomic E-state index is 14.0. The van der Waals surface area contributed by atoms with Gasteiger partial charge in [-0.25, -0.2) is 4.98 Å². The lowest BCUT2D eigenvalue weighted by Crippen LogP contribution is -2.29. The van der Waals surface area contributed by atoms with Crippen LogP contribution in [0.15, 0.2) is 84.2 Å². The largest absolute Gasteiger partial charge is 0.382 e. The van der Waals surface area contributed by atoms with Crippen molar-refractivity contribution in [1.82, 2.24) is 29.6 Å². The Morgan fingerprint density at radius 3 is 2.61 bits per heavy atom. The smallest absolute Gasteiger partial charge is 0.264 e. The average molecular weight is 476 g/mol. The molecule has 8 heteroatoms. The molecule has 0 aliphatic heterocycles. The van der Waals surface area contributed by atoms with Crippen LogP contribution in [0.25, 0.3) is 16.5 Å². The van der Waals surface area contributed by atoms with Crippen molar-refractivity contribution in [3.05, 3.63) is 112 Å². The summed E-state index contributed by atoms with van der Waals surface area (Å²) in [5, 5.41) is 9.01. The van der Waals surface area contributed by atoms with Crippen LogP contribution in [0.4, 0.5) is 5.82 Å². The van der Waals surface area contributed by atoms with Gasteiger partial charge in [-0.15, -0.1) is 0 Å². The fraction of sp³-hybridized carbons (Fsp3) is 0.143. The maximum absolute atomic E-state index is 14.0. The van der Waals surface area contributed by atoms with Crippen LogP contribution in [-0.4, -0.2) is 24.3 Å². The highest BCUT2D eigenvalue weighted by molar-refractivity contribution is 5.88. The number of para-hydroxylation sites is 1. The van der Waals surface area contributed by atoms with Crippen molar-refractivity contribution in [1.29, 1.82) is 0 Å². The molecular weight excluding hydrogens is 450 g/mol. The highest BCUT2D eigenvalue weighted by Crippen LogP contribution is 2.23. The van der Waals surface area contributed by atoms with Crippen molar-refractivity contribution in [3.8, 4) is 17.5 Å². The molecule has 8 nitrogen and oxygen atoms in total. The Labute approximate surface area is 208 Å².